The average Bonchev–Trinajstić information content (AvgIpc) is 2.37. The fraction of sp³-hybridized carbons (Fsp3) is 0.750. The quantitative estimate of drug-likeness (QED) is 0.624. The normalized spacial score (nSPS) is 10.1. The zero-order chi connectivity index (χ0) is 13.4. The van der Waals surface area contributed by atoms with Gasteiger partial charge in [-0.05, 0) is 12.8 Å². The second-order valence-electron chi connectivity index (χ2n) is 3.04. The van der Waals surface area contributed by atoms with Crippen molar-refractivity contribution in [3.05, 3.63) is 12.7 Å². The molecular weight excluding hydrogens is 206 g/mol. The summed E-state index contributed by atoms with van der Waals surface area (Å²) in [5.41, 5.74) is 4.93. The lowest BCUT2D eigenvalue weighted by molar-refractivity contribution is -0.117. The van der Waals surface area contributed by atoms with Crippen molar-refractivity contribution in [3.63, 3.8) is 0 Å². The van der Waals surface area contributed by atoms with Gasteiger partial charge >= 0.3 is 0 Å². The van der Waals surface area contributed by atoms with E-state index >= 15 is 0 Å². The van der Waals surface area contributed by atoms with Gasteiger partial charge in [-0.1, -0.05) is 26.8 Å². The SMILES string of the molecule is C=CCC.CCC(=O)CN.CCC(O)CO. The van der Waals surface area contributed by atoms with Gasteiger partial charge in [0.05, 0.1) is 19.3 Å². The molecule has 0 radical (unpaired) electrons. The summed E-state index contributed by atoms with van der Waals surface area (Å²) in [7, 11) is 0. The summed E-state index contributed by atoms with van der Waals surface area (Å²) < 4.78 is 0. The highest BCUT2D eigenvalue weighted by atomic mass is 16.3. The van der Waals surface area contributed by atoms with Gasteiger partial charge in [-0.25, -0.2) is 0 Å². The predicted molar refractivity (Wildman–Crippen MR) is 68.2 cm³/mol. The molecule has 0 aromatic rings. The summed E-state index contributed by atoms with van der Waals surface area (Å²) in [6.45, 7) is 9.24. The molecule has 0 rings (SSSR count). The maximum absolute atomic E-state index is 10.1. The first kappa shape index (κ1) is 20.7. The maximum Gasteiger partial charge on any atom is 0.146 e. The van der Waals surface area contributed by atoms with E-state index in [2.05, 4.69) is 13.5 Å². The van der Waals surface area contributed by atoms with Crippen LogP contribution >= 0.6 is 0 Å². The first-order chi connectivity index (χ1) is 7.53. The average molecular weight is 233 g/mol. The molecule has 0 saturated carbocycles. The summed E-state index contributed by atoms with van der Waals surface area (Å²) in [5, 5.41) is 16.5. The molecule has 0 amide bonds. The number of aliphatic hydroxyl groups is 2. The molecule has 0 bridgehead atoms. The Morgan fingerprint density at radius 1 is 1.44 bits per heavy atom. The van der Waals surface area contributed by atoms with Crippen molar-refractivity contribution >= 4 is 5.78 Å². The van der Waals surface area contributed by atoms with Crippen LogP contribution in [0.3, 0.4) is 0 Å². The van der Waals surface area contributed by atoms with Crippen molar-refractivity contribution in [1.82, 2.24) is 0 Å². The van der Waals surface area contributed by atoms with Crippen molar-refractivity contribution in [3.8, 4) is 0 Å². The van der Waals surface area contributed by atoms with Crippen LogP contribution in [0.5, 0.6) is 0 Å². The molecule has 0 fully saturated rings. The second-order valence-corrected chi connectivity index (χ2v) is 3.04. The van der Waals surface area contributed by atoms with Gasteiger partial charge in [-0.15, -0.1) is 6.58 Å². The standard InChI is InChI=1S/C4H9NO.C4H10O2.C4H8/c2*1-2-4(6)3-5;1-3-4-2/h2-3,5H2,1H3;4-6H,2-3H2,1H3;3H,1,4H2,2H3. The molecule has 0 aliphatic heterocycles. The fourth-order valence-electron chi connectivity index (χ4n) is 0.273. The summed E-state index contributed by atoms with van der Waals surface area (Å²) in [4.78, 5) is 10.1. The topological polar surface area (TPSA) is 83.6 Å². The molecule has 1 unspecified atom stereocenters. The molecule has 98 valence electrons. The number of Topliss-reactive ketones (excluding diaryl/α,β-unsaturated/α-hetero) is 1. The molecule has 0 aromatic heterocycles. The van der Waals surface area contributed by atoms with Gasteiger partial charge in [0, 0.05) is 6.42 Å². The summed E-state index contributed by atoms with van der Waals surface area (Å²) in [6.07, 6.45) is 3.65. The number of hydrogen-bond donors (Lipinski definition) is 3. The van der Waals surface area contributed by atoms with Crippen LogP contribution in [0.15, 0.2) is 12.7 Å². The van der Waals surface area contributed by atoms with E-state index in [1.165, 1.54) is 0 Å². The van der Waals surface area contributed by atoms with E-state index in [0.29, 0.717) is 12.8 Å². The molecule has 1 atom stereocenters. The first-order valence-electron chi connectivity index (χ1n) is 5.65. The minimum absolute atomic E-state index is 0.115. The Labute approximate surface area is 99.2 Å². The Morgan fingerprint density at radius 3 is 1.88 bits per heavy atom. The summed E-state index contributed by atoms with van der Waals surface area (Å²) >= 11 is 0. The van der Waals surface area contributed by atoms with E-state index in [-0.39, 0.29) is 18.9 Å². The van der Waals surface area contributed by atoms with Gasteiger partial charge in [0.2, 0.25) is 0 Å². The summed E-state index contributed by atoms with van der Waals surface area (Å²) in [6, 6.07) is 0. The molecule has 0 aliphatic rings. The van der Waals surface area contributed by atoms with E-state index in [1.807, 2.05) is 13.0 Å². The number of ketones is 1. The van der Waals surface area contributed by atoms with Crippen LogP contribution in [-0.2, 0) is 4.79 Å². The first-order valence-corrected chi connectivity index (χ1v) is 5.65. The highest BCUT2D eigenvalue weighted by Gasteiger charge is 1.92. The fourth-order valence-corrected chi connectivity index (χ4v) is 0.273. The Hall–Kier alpha value is -0.710. The third-order valence-corrected chi connectivity index (χ3v) is 1.59. The van der Waals surface area contributed by atoms with E-state index in [4.69, 9.17) is 15.9 Å². The monoisotopic (exact) mass is 233 g/mol. The molecule has 0 spiro atoms. The van der Waals surface area contributed by atoms with E-state index in [1.54, 1.807) is 6.92 Å². The lowest BCUT2D eigenvalue weighted by Crippen LogP contribution is -2.11. The van der Waals surface area contributed by atoms with Crippen LogP contribution in [0, 0.1) is 0 Å². The molecule has 0 saturated heterocycles. The van der Waals surface area contributed by atoms with Crippen molar-refractivity contribution < 1.29 is 15.0 Å². The van der Waals surface area contributed by atoms with E-state index in [9.17, 15) is 4.79 Å². The third-order valence-electron chi connectivity index (χ3n) is 1.59. The van der Waals surface area contributed by atoms with Gasteiger partial charge in [0.1, 0.15) is 5.78 Å². The van der Waals surface area contributed by atoms with Gasteiger partial charge in [-0.2, -0.15) is 0 Å². The molecule has 0 heterocycles. The molecule has 4 heteroatoms. The van der Waals surface area contributed by atoms with Crippen LogP contribution in [0.25, 0.3) is 0 Å². The lowest BCUT2D eigenvalue weighted by Gasteiger charge is -1.97. The lowest BCUT2D eigenvalue weighted by atomic mass is 10.3. The number of carbonyl (C=O) groups is 1. The van der Waals surface area contributed by atoms with Crippen LogP contribution in [0.4, 0.5) is 0 Å². The number of hydrogen-bond acceptors (Lipinski definition) is 4. The van der Waals surface area contributed by atoms with E-state index < -0.39 is 6.10 Å². The van der Waals surface area contributed by atoms with Crippen LogP contribution in [-0.4, -0.2) is 35.3 Å². The number of nitrogens with two attached hydrogens (primary N) is 1. The molecule has 16 heavy (non-hydrogen) atoms. The molecule has 0 aliphatic carbocycles. The number of aliphatic hydroxyl groups excluding tert-OH is 2. The minimum atomic E-state index is -0.509. The van der Waals surface area contributed by atoms with Crippen LogP contribution in [0.2, 0.25) is 0 Å². The summed E-state index contributed by atoms with van der Waals surface area (Å²) in [5.74, 6) is 0.120. The van der Waals surface area contributed by atoms with Crippen LogP contribution < -0.4 is 5.73 Å². The van der Waals surface area contributed by atoms with Gasteiger partial charge in [0.25, 0.3) is 0 Å². The Kier molecular flexibility index (Phi) is 25.6. The number of allylic oxidation sites excluding steroid dienone is 1. The third kappa shape index (κ3) is 29.2. The largest absolute Gasteiger partial charge is 0.394 e. The zero-order valence-corrected chi connectivity index (χ0v) is 10.8. The highest BCUT2D eigenvalue weighted by molar-refractivity contribution is 5.79. The Bertz CT molecular complexity index is 139. The van der Waals surface area contributed by atoms with Gasteiger partial charge < -0.3 is 15.9 Å². The van der Waals surface area contributed by atoms with Crippen molar-refractivity contribution in [1.29, 1.82) is 0 Å². The highest BCUT2D eigenvalue weighted by Crippen LogP contribution is 1.83. The minimum Gasteiger partial charge on any atom is -0.394 e. The van der Waals surface area contributed by atoms with Gasteiger partial charge in [-0.3, -0.25) is 4.79 Å². The smallest absolute Gasteiger partial charge is 0.146 e. The Balaban J connectivity index is -0.000000162. The number of carbonyl (C=O) groups excluding carboxylic acids is 1. The predicted octanol–water partition coefficient (Wildman–Crippen LogP) is 1.26. The zero-order valence-electron chi connectivity index (χ0n) is 10.8. The van der Waals surface area contributed by atoms with Crippen molar-refractivity contribution in [2.75, 3.05) is 13.2 Å². The molecule has 0 aromatic carbocycles. The van der Waals surface area contributed by atoms with Crippen molar-refractivity contribution in [2.24, 2.45) is 5.73 Å². The maximum atomic E-state index is 10.1. The molecular formula is C12H27NO3. The van der Waals surface area contributed by atoms with Crippen LogP contribution in [0.1, 0.15) is 40.0 Å². The second kappa shape index (κ2) is 19.8. The van der Waals surface area contributed by atoms with Gasteiger partial charge in [0.15, 0.2) is 0 Å². The molecule has 4 N–H and O–H groups in total. The Morgan fingerprint density at radius 2 is 1.88 bits per heavy atom. The van der Waals surface area contributed by atoms with E-state index in [0.717, 1.165) is 6.42 Å². The van der Waals surface area contributed by atoms with Crippen molar-refractivity contribution in [2.45, 2.75) is 46.1 Å². The number of rotatable bonds is 5. The molecule has 4 nitrogen and oxygen atoms in total.